The van der Waals surface area contributed by atoms with E-state index in [0.717, 1.165) is 18.5 Å². The predicted octanol–water partition coefficient (Wildman–Crippen LogP) is 1.13. The zero-order valence-electron chi connectivity index (χ0n) is 13.2. The minimum absolute atomic E-state index is 0.144. The van der Waals surface area contributed by atoms with Crippen molar-refractivity contribution in [2.75, 3.05) is 13.1 Å². The van der Waals surface area contributed by atoms with E-state index < -0.39 is 0 Å². The fourth-order valence-electron chi connectivity index (χ4n) is 2.53. The summed E-state index contributed by atoms with van der Waals surface area (Å²) in [5, 5.41) is 9.05. The third kappa shape index (κ3) is 3.46. The standard InChI is InChI=1S/C16H16N6O2/c1-11-8-21-14(9-20-11)16(23)22-6-2-3-12(10-22)24-15-13(7-17)18-4-5-19-15/h4-5,8-9,12H,2-3,6,10H2,1H3/t12-/m1/s1. The first kappa shape index (κ1) is 15.8. The van der Waals surface area contributed by atoms with Gasteiger partial charge >= 0.3 is 0 Å². The summed E-state index contributed by atoms with van der Waals surface area (Å²) >= 11 is 0. The molecule has 0 N–H and O–H groups in total. The molecule has 0 aliphatic carbocycles. The molecule has 1 saturated heterocycles. The van der Waals surface area contributed by atoms with E-state index in [1.165, 1.54) is 18.6 Å². The van der Waals surface area contributed by atoms with Crippen molar-refractivity contribution in [2.24, 2.45) is 0 Å². The number of aryl methyl sites for hydroxylation is 1. The molecule has 8 heteroatoms. The number of hydrogen-bond donors (Lipinski definition) is 0. The summed E-state index contributed by atoms with van der Waals surface area (Å²) in [5.41, 5.74) is 1.22. The van der Waals surface area contributed by atoms with Crippen LogP contribution in [0.2, 0.25) is 0 Å². The molecule has 0 unspecified atom stereocenters. The molecule has 3 rings (SSSR count). The van der Waals surface area contributed by atoms with Gasteiger partial charge in [-0.15, -0.1) is 0 Å². The Morgan fingerprint density at radius 1 is 1.29 bits per heavy atom. The highest BCUT2D eigenvalue weighted by molar-refractivity contribution is 5.92. The summed E-state index contributed by atoms with van der Waals surface area (Å²) < 4.78 is 5.79. The maximum absolute atomic E-state index is 12.5. The number of carbonyl (C=O) groups is 1. The molecular weight excluding hydrogens is 308 g/mol. The Morgan fingerprint density at radius 3 is 2.88 bits per heavy atom. The Hall–Kier alpha value is -3.08. The lowest BCUT2D eigenvalue weighted by Gasteiger charge is -2.32. The molecule has 122 valence electrons. The highest BCUT2D eigenvalue weighted by atomic mass is 16.5. The van der Waals surface area contributed by atoms with Gasteiger partial charge in [0.25, 0.3) is 11.8 Å². The number of nitriles is 1. The van der Waals surface area contributed by atoms with Crippen molar-refractivity contribution < 1.29 is 9.53 Å². The van der Waals surface area contributed by atoms with Crippen LogP contribution in [0.5, 0.6) is 5.88 Å². The number of nitrogens with zero attached hydrogens (tertiary/aromatic N) is 6. The van der Waals surface area contributed by atoms with Gasteiger partial charge in [-0.3, -0.25) is 9.78 Å². The summed E-state index contributed by atoms with van der Waals surface area (Å²) in [7, 11) is 0. The van der Waals surface area contributed by atoms with Crippen molar-refractivity contribution in [1.29, 1.82) is 5.26 Å². The van der Waals surface area contributed by atoms with Crippen LogP contribution in [0.1, 0.15) is 34.7 Å². The zero-order chi connectivity index (χ0) is 16.9. The predicted molar refractivity (Wildman–Crippen MR) is 83.1 cm³/mol. The van der Waals surface area contributed by atoms with E-state index >= 15 is 0 Å². The lowest BCUT2D eigenvalue weighted by molar-refractivity contribution is 0.0520. The molecule has 1 aliphatic heterocycles. The van der Waals surface area contributed by atoms with Gasteiger partial charge in [-0.05, 0) is 19.8 Å². The summed E-state index contributed by atoms with van der Waals surface area (Å²) in [6.45, 7) is 2.87. The number of hydrogen-bond acceptors (Lipinski definition) is 7. The van der Waals surface area contributed by atoms with E-state index in [2.05, 4.69) is 19.9 Å². The number of ether oxygens (including phenoxy) is 1. The van der Waals surface area contributed by atoms with Crippen molar-refractivity contribution in [1.82, 2.24) is 24.8 Å². The van der Waals surface area contributed by atoms with Crippen molar-refractivity contribution in [3.8, 4) is 11.9 Å². The van der Waals surface area contributed by atoms with Crippen molar-refractivity contribution in [3.63, 3.8) is 0 Å². The molecule has 3 heterocycles. The number of likely N-dealkylation sites (tertiary alicyclic amines) is 1. The molecule has 2 aromatic heterocycles. The lowest BCUT2D eigenvalue weighted by Crippen LogP contribution is -2.44. The van der Waals surface area contributed by atoms with Crippen LogP contribution in [-0.4, -0.2) is 49.9 Å². The normalized spacial score (nSPS) is 17.2. The average Bonchev–Trinajstić information content (AvgIpc) is 2.62. The van der Waals surface area contributed by atoms with E-state index in [1.54, 1.807) is 11.1 Å². The van der Waals surface area contributed by atoms with Gasteiger partial charge in [-0.1, -0.05) is 0 Å². The van der Waals surface area contributed by atoms with Crippen LogP contribution >= 0.6 is 0 Å². The summed E-state index contributed by atoms with van der Waals surface area (Å²) in [4.78, 5) is 30.4. The molecule has 24 heavy (non-hydrogen) atoms. The molecule has 0 radical (unpaired) electrons. The molecule has 1 atom stereocenters. The first-order chi connectivity index (χ1) is 11.7. The van der Waals surface area contributed by atoms with Crippen LogP contribution < -0.4 is 4.74 Å². The van der Waals surface area contributed by atoms with Gasteiger partial charge in [0.1, 0.15) is 17.9 Å². The number of carbonyl (C=O) groups excluding carboxylic acids is 1. The molecule has 8 nitrogen and oxygen atoms in total. The van der Waals surface area contributed by atoms with Crippen LogP contribution in [-0.2, 0) is 0 Å². The van der Waals surface area contributed by atoms with E-state index in [-0.39, 0.29) is 23.6 Å². The van der Waals surface area contributed by atoms with Gasteiger partial charge in [0, 0.05) is 25.1 Å². The largest absolute Gasteiger partial charge is 0.470 e. The first-order valence-corrected chi connectivity index (χ1v) is 7.63. The third-order valence-electron chi connectivity index (χ3n) is 3.71. The van der Waals surface area contributed by atoms with Crippen LogP contribution in [0.15, 0.2) is 24.8 Å². The molecule has 1 aliphatic rings. The van der Waals surface area contributed by atoms with Crippen LogP contribution in [0.3, 0.4) is 0 Å². The van der Waals surface area contributed by atoms with Crippen LogP contribution in [0.4, 0.5) is 0 Å². The van der Waals surface area contributed by atoms with Crippen molar-refractivity contribution >= 4 is 5.91 Å². The zero-order valence-corrected chi connectivity index (χ0v) is 13.2. The second-order valence-electron chi connectivity index (χ2n) is 5.50. The highest BCUT2D eigenvalue weighted by Crippen LogP contribution is 2.19. The number of rotatable bonds is 3. The Kier molecular flexibility index (Phi) is 4.61. The van der Waals surface area contributed by atoms with Gasteiger partial charge in [-0.25, -0.2) is 15.0 Å². The van der Waals surface area contributed by atoms with Gasteiger partial charge in [0.15, 0.2) is 0 Å². The topological polar surface area (TPSA) is 105 Å². The van der Waals surface area contributed by atoms with E-state index in [9.17, 15) is 4.79 Å². The number of amides is 1. The van der Waals surface area contributed by atoms with E-state index in [4.69, 9.17) is 10.00 Å². The van der Waals surface area contributed by atoms with Crippen molar-refractivity contribution in [2.45, 2.75) is 25.9 Å². The Labute approximate surface area is 139 Å². The Morgan fingerprint density at radius 2 is 2.12 bits per heavy atom. The van der Waals surface area contributed by atoms with Crippen LogP contribution in [0.25, 0.3) is 0 Å². The second-order valence-corrected chi connectivity index (χ2v) is 5.50. The monoisotopic (exact) mass is 324 g/mol. The van der Waals surface area contributed by atoms with Gasteiger partial charge in [-0.2, -0.15) is 5.26 Å². The molecule has 0 saturated carbocycles. The average molecular weight is 324 g/mol. The SMILES string of the molecule is Cc1cnc(C(=O)N2CCC[C@@H](Oc3nccnc3C#N)C2)cn1. The highest BCUT2D eigenvalue weighted by Gasteiger charge is 2.27. The smallest absolute Gasteiger partial charge is 0.274 e. The summed E-state index contributed by atoms with van der Waals surface area (Å²) in [5.74, 6) is 0.0323. The molecule has 0 bridgehead atoms. The number of piperidine rings is 1. The maximum atomic E-state index is 12.5. The van der Waals surface area contributed by atoms with Gasteiger partial charge in [0.2, 0.25) is 5.69 Å². The lowest BCUT2D eigenvalue weighted by atomic mass is 10.1. The minimum atomic E-state index is -0.232. The molecular formula is C16H16N6O2. The maximum Gasteiger partial charge on any atom is 0.274 e. The molecule has 1 amide bonds. The quantitative estimate of drug-likeness (QED) is 0.833. The number of aromatic nitrogens is 4. The third-order valence-corrected chi connectivity index (χ3v) is 3.71. The van der Waals surface area contributed by atoms with E-state index in [0.29, 0.717) is 18.8 Å². The fourth-order valence-corrected chi connectivity index (χ4v) is 2.53. The minimum Gasteiger partial charge on any atom is -0.470 e. The molecule has 1 fully saturated rings. The van der Waals surface area contributed by atoms with Crippen molar-refractivity contribution in [3.05, 3.63) is 41.9 Å². The summed E-state index contributed by atoms with van der Waals surface area (Å²) in [6, 6.07) is 1.95. The molecule has 0 spiro atoms. The Balaban J connectivity index is 1.69. The molecule has 2 aromatic rings. The van der Waals surface area contributed by atoms with Gasteiger partial charge in [0.05, 0.1) is 18.4 Å². The second kappa shape index (κ2) is 7.00. The molecule has 0 aromatic carbocycles. The van der Waals surface area contributed by atoms with Crippen LogP contribution in [0, 0.1) is 18.3 Å². The summed E-state index contributed by atoms with van der Waals surface area (Å²) in [6.07, 6.45) is 7.33. The van der Waals surface area contributed by atoms with E-state index in [1.807, 2.05) is 13.0 Å². The first-order valence-electron chi connectivity index (χ1n) is 7.63. The fraction of sp³-hybridized carbons (Fsp3) is 0.375. The van der Waals surface area contributed by atoms with Gasteiger partial charge < -0.3 is 9.64 Å². The Bertz CT molecular complexity index is 771.